The van der Waals surface area contributed by atoms with Crippen molar-refractivity contribution in [2.24, 2.45) is 0 Å². The summed E-state index contributed by atoms with van der Waals surface area (Å²) in [5.74, 6) is 1.82. The van der Waals surface area contributed by atoms with Gasteiger partial charge in [0.25, 0.3) is 0 Å². The molecule has 0 radical (unpaired) electrons. The third-order valence-electron chi connectivity index (χ3n) is 5.57. The number of nitrogens with zero attached hydrogens (tertiary/aromatic N) is 3. The Labute approximate surface area is 188 Å². The molecule has 0 amide bonds. The second-order valence-corrected chi connectivity index (χ2v) is 8.45. The van der Waals surface area contributed by atoms with Gasteiger partial charge in [-0.25, -0.2) is 9.97 Å². The molecule has 1 aromatic heterocycles. The molecule has 1 aliphatic rings. The molecular formula is C24H27ClN4O2. The van der Waals surface area contributed by atoms with Crippen LogP contribution < -0.4 is 15.2 Å². The standard InChI is InChI=1S/C24H27ClN4O2/c1-14-9-19(25)22(23-18-12-29(3)13-20(18)27-24(26)28-23)21(10-14)31-8-7-16-5-6-17(30-4)11-15(16)2/h5-6,9-11H,7-8,12-13H2,1-4H3,(H2,26,27,28). The molecule has 162 valence electrons. The van der Waals surface area contributed by atoms with Crippen molar-refractivity contribution in [2.75, 3.05) is 26.5 Å². The number of fused-ring (bicyclic) bond motifs is 1. The largest absolute Gasteiger partial charge is 0.497 e. The number of hydrogen-bond donors (Lipinski definition) is 1. The van der Waals surface area contributed by atoms with Crippen molar-refractivity contribution >= 4 is 17.5 Å². The van der Waals surface area contributed by atoms with Gasteiger partial charge in [0.05, 0.1) is 35.7 Å². The molecule has 0 bridgehead atoms. The third-order valence-corrected chi connectivity index (χ3v) is 5.87. The molecule has 31 heavy (non-hydrogen) atoms. The van der Waals surface area contributed by atoms with Crippen molar-refractivity contribution in [3.63, 3.8) is 0 Å². The van der Waals surface area contributed by atoms with Crippen molar-refractivity contribution < 1.29 is 9.47 Å². The maximum Gasteiger partial charge on any atom is 0.220 e. The van der Waals surface area contributed by atoms with Crippen LogP contribution in [0.5, 0.6) is 11.5 Å². The number of halogens is 1. The molecule has 7 heteroatoms. The Kier molecular flexibility index (Phi) is 6.03. The van der Waals surface area contributed by atoms with Crippen LogP contribution >= 0.6 is 11.6 Å². The van der Waals surface area contributed by atoms with Gasteiger partial charge in [-0.3, -0.25) is 4.90 Å². The molecule has 2 heterocycles. The number of benzene rings is 2. The summed E-state index contributed by atoms with van der Waals surface area (Å²) in [6.45, 7) is 6.09. The Morgan fingerprint density at radius 3 is 2.68 bits per heavy atom. The van der Waals surface area contributed by atoms with E-state index in [1.807, 2.05) is 38.2 Å². The minimum absolute atomic E-state index is 0.250. The fourth-order valence-electron chi connectivity index (χ4n) is 4.04. The molecule has 0 atom stereocenters. The lowest BCUT2D eigenvalue weighted by molar-refractivity contribution is 0.322. The first-order valence-corrected chi connectivity index (χ1v) is 10.6. The fraction of sp³-hybridized carbons (Fsp3) is 0.333. The van der Waals surface area contributed by atoms with Crippen LogP contribution in [-0.4, -0.2) is 35.6 Å². The van der Waals surface area contributed by atoms with Gasteiger partial charge in [-0.05, 0) is 61.9 Å². The molecule has 3 aromatic rings. The minimum atomic E-state index is 0.250. The van der Waals surface area contributed by atoms with E-state index in [1.54, 1.807) is 7.11 Å². The molecule has 0 aliphatic carbocycles. The molecule has 0 spiro atoms. The summed E-state index contributed by atoms with van der Waals surface area (Å²) >= 11 is 6.71. The van der Waals surface area contributed by atoms with E-state index in [4.69, 9.17) is 26.8 Å². The summed E-state index contributed by atoms with van der Waals surface area (Å²) in [4.78, 5) is 11.2. The molecule has 0 unspecified atom stereocenters. The van der Waals surface area contributed by atoms with E-state index >= 15 is 0 Å². The van der Waals surface area contributed by atoms with Crippen LogP contribution in [0.25, 0.3) is 11.3 Å². The normalized spacial score (nSPS) is 13.3. The number of rotatable bonds is 6. The molecule has 6 nitrogen and oxygen atoms in total. The first-order chi connectivity index (χ1) is 14.9. The molecule has 0 saturated heterocycles. The Hall–Kier alpha value is -2.83. The Balaban J connectivity index is 1.65. The first kappa shape index (κ1) is 21.4. The lowest BCUT2D eigenvalue weighted by Crippen LogP contribution is -2.08. The molecule has 4 rings (SSSR count). The minimum Gasteiger partial charge on any atom is -0.497 e. The number of nitrogens with two attached hydrogens (primary N) is 1. The van der Waals surface area contributed by atoms with Crippen LogP contribution in [0, 0.1) is 13.8 Å². The number of hydrogen-bond acceptors (Lipinski definition) is 6. The lowest BCUT2D eigenvalue weighted by atomic mass is 10.0. The number of methoxy groups -OCH3 is 1. The van der Waals surface area contributed by atoms with E-state index in [9.17, 15) is 0 Å². The highest BCUT2D eigenvalue weighted by Crippen LogP contribution is 2.41. The highest BCUT2D eigenvalue weighted by molar-refractivity contribution is 6.33. The van der Waals surface area contributed by atoms with Crippen molar-refractivity contribution in [1.29, 1.82) is 0 Å². The van der Waals surface area contributed by atoms with Gasteiger partial charge in [0, 0.05) is 25.1 Å². The van der Waals surface area contributed by atoms with Gasteiger partial charge in [0.2, 0.25) is 5.95 Å². The summed E-state index contributed by atoms with van der Waals surface area (Å²) in [6, 6.07) is 10.0. The predicted octanol–water partition coefficient (Wildman–Crippen LogP) is 4.57. The second-order valence-electron chi connectivity index (χ2n) is 8.04. The topological polar surface area (TPSA) is 73.5 Å². The van der Waals surface area contributed by atoms with E-state index in [0.29, 0.717) is 17.4 Å². The van der Waals surface area contributed by atoms with Crippen LogP contribution in [0.3, 0.4) is 0 Å². The molecule has 1 aliphatic heterocycles. The predicted molar refractivity (Wildman–Crippen MR) is 124 cm³/mol. The third kappa shape index (κ3) is 4.45. The fourth-order valence-corrected chi connectivity index (χ4v) is 4.39. The summed E-state index contributed by atoms with van der Waals surface area (Å²) in [7, 11) is 3.72. The van der Waals surface area contributed by atoms with Crippen LogP contribution in [-0.2, 0) is 19.5 Å². The SMILES string of the molecule is COc1ccc(CCOc2cc(C)cc(Cl)c2-c2nc(N)nc3c2CN(C)C3)c(C)c1. The quantitative estimate of drug-likeness (QED) is 0.607. The average Bonchev–Trinajstić information content (AvgIpc) is 3.08. The number of nitrogen functional groups attached to an aromatic ring is 1. The van der Waals surface area contributed by atoms with Crippen molar-refractivity contribution in [2.45, 2.75) is 33.4 Å². The zero-order valence-electron chi connectivity index (χ0n) is 18.3. The van der Waals surface area contributed by atoms with Gasteiger partial charge in [0.15, 0.2) is 0 Å². The summed E-state index contributed by atoms with van der Waals surface area (Å²) in [5.41, 5.74) is 13.0. The second kappa shape index (κ2) is 8.73. The Bertz CT molecular complexity index is 1130. The van der Waals surface area contributed by atoms with E-state index in [1.165, 1.54) is 11.1 Å². The molecule has 2 N–H and O–H groups in total. The number of anilines is 1. The highest BCUT2D eigenvalue weighted by Gasteiger charge is 2.26. The highest BCUT2D eigenvalue weighted by atomic mass is 35.5. The van der Waals surface area contributed by atoms with Crippen molar-refractivity contribution in [1.82, 2.24) is 14.9 Å². The van der Waals surface area contributed by atoms with Crippen LogP contribution in [0.15, 0.2) is 30.3 Å². The molecule has 0 fully saturated rings. The van der Waals surface area contributed by atoms with Gasteiger partial charge < -0.3 is 15.2 Å². The monoisotopic (exact) mass is 438 g/mol. The van der Waals surface area contributed by atoms with E-state index in [-0.39, 0.29) is 5.95 Å². The lowest BCUT2D eigenvalue weighted by Gasteiger charge is -2.17. The number of aryl methyl sites for hydroxylation is 2. The molecule has 2 aromatic carbocycles. The zero-order valence-corrected chi connectivity index (χ0v) is 19.1. The van der Waals surface area contributed by atoms with Crippen LogP contribution in [0.1, 0.15) is 27.9 Å². The summed E-state index contributed by atoms with van der Waals surface area (Å²) in [5, 5.41) is 0.602. The summed E-state index contributed by atoms with van der Waals surface area (Å²) in [6.07, 6.45) is 0.771. The summed E-state index contributed by atoms with van der Waals surface area (Å²) < 4.78 is 11.6. The number of ether oxygens (including phenoxy) is 2. The van der Waals surface area contributed by atoms with E-state index in [2.05, 4.69) is 27.9 Å². The Morgan fingerprint density at radius 1 is 1.13 bits per heavy atom. The smallest absolute Gasteiger partial charge is 0.220 e. The Morgan fingerprint density at radius 2 is 1.94 bits per heavy atom. The van der Waals surface area contributed by atoms with Gasteiger partial charge in [-0.1, -0.05) is 17.7 Å². The van der Waals surface area contributed by atoms with Crippen LogP contribution in [0.2, 0.25) is 5.02 Å². The van der Waals surface area contributed by atoms with Gasteiger partial charge >= 0.3 is 0 Å². The number of aromatic nitrogens is 2. The van der Waals surface area contributed by atoms with Crippen molar-refractivity contribution in [3.05, 3.63) is 63.3 Å². The zero-order chi connectivity index (χ0) is 22.1. The van der Waals surface area contributed by atoms with Gasteiger partial charge in [-0.15, -0.1) is 0 Å². The maximum atomic E-state index is 6.71. The molecular weight excluding hydrogens is 412 g/mol. The van der Waals surface area contributed by atoms with Gasteiger partial charge in [-0.2, -0.15) is 0 Å². The van der Waals surface area contributed by atoms with E-state index < -0.39 is 0 Å². The maximum absolute atomic E-state index is 6.71. The van der Waals surface area contributed by atoms with Gasteiger partial charge in [0.1, 0.15) is 11.5 Å². The van der Waals surface area contributed by atoms with Crippen LogP contribution in [0.4, 0.5) is 5.95 Å². The molecule has 0 saturated carbocycles. The first-order valence-electron chi connectivity index (χ1n) is 10.3. The average molecular weight is 439 g/mol. The van der Waals surface area contributed by atoms with E-state index in [0.717, 1.165) is 53.3 Å². The van der Waals surface area contributed by atoms with Crippen molar-refractivity contribution in [3.8, 4) is 22.8 Å².